The van der Waals surface area contributed by atoms with E-state index in [1.165, 1.54) is 6.08 Å². The fourth-order valence-corrected chi connectivity index (χ4v) is 1.55. The lowest BCUT2D eigenvalue weighted by Gasteiger charge is -2.19. The first kappa shape index (κ1) is 14.8. The molecular weight excluding hydrogens is 252 g/mol. The van der Waals surface area contributed by atoms with Gasteiger partial charge in [-0.25, -0.2) is 0 Å². The molecule has 18 heavy (non-hydrogen) atoms. The van der Waals surface area contributed by atoms with Gasteiger partial charge in [0.25, 0.3) is 11.8 Å². The number of amides is 3. The summed E-state index contributed by atoms with van der Waals surface area (Å²) in [6.45, 7) is 5.91. The average Bonchev–Trinajstić information content (AvgIpc) is 2.47. The van der Waals surface area contributed by atoms with E-state index in [0.717, 1.165) is 4.90 Å². The van der Waals surface area contributed by atoms with Gasteiger partial charge in [-0.05, 0) is 20.8 Å². The fraction of sp³-hybridized carbons (Fsp3) is 0.583. The van der Waals surface area contributed by atoms with Crippen molar-refractivity contribution in [2.24, 2.45) is 0 Å². The molecule has 0 aromatic rings. The number of imide groups is 1. The van der Waals surface area contributed by atoms with Crippen LogP contribution in [0, 0.1) is 0 Å². The van der Waals surface area contributed by atoms with Crippen molar-refractivity contribution in [1.29, 1.82) is 0 Å². The van der Waals surface area contributed by atoms with Crippen molar-refractivity contribution < 1.29 is 14.4 Å². The molecule has 0 fully saturated rings. The van der Waals surface area contributed by atoms with Crippen LogP contribution in [0.5, 0.6) is 0 Å². The topological polar surface area (TPSA) is 66.5 Å². The van der Waals surface area contributed by atoms with Crippen molar-refractivity contribution in [2.45, 2.75) is 31.9 Å². The first-order valence-corrected chi connectivity index (χ1v) is 6.18. The lowest BCUT2D eigenvalue weighted by Crippen LogP contribution is -2.38. The van der Waals surface area contributed by atoms with Crippen molar-refractivity contribution in [1.82, 2.24) is 10.2 Å². The maximum atomic E-state index is 11.5. The molecule has 0 radical (unpaired) electrons. The second-order valence-electron chi connectivity index (χ2n) is 4.96. The quantitative estimate of drug-likeness (QED) is 0.565. The minimum atomic E-state index is -0.347. The van der Waals surface area contributed by atoms with Gasteiger partial charge in [0.2, 0.25) is 5.91 Å². The largest absolute Gasteiger partial charge is 0.355 e. The van der Waals surface area contributed by atoms with Crippen molar-refractivity contribution >= 4 is 30.4 Å². The van der Waals surface area contributed by atoms with Crippen LogP contribution in [-0.4, -0.2) is 40.5 Å². The zero-order valence-electron chi connectivity index (χ0n) is 10.8. The van der Waals surface area contributed by atoms with Gasteiger partial charge in [0.1, 0.15) is 0 Å². The van der Waals surface area contributed by atoms with Crippen molar-refractivity contribution in [3.05, 3.63) is 11.6 Å². The third-order valence-electron chi connectivity index (χ3n) is 2.47. The van der Waals surface area contributed by atoms with Gasteiger partial charge >= 0.3 is 0 Å². The van der Waals surface area contributed by atoms with E-state index in [-0.39, 0.29) is 35.4 Å². The van der Waals surface area contributed by atoms with Crippen molar-refractivity contribution in [3.8, 4) is 0 Å². The Morgan fingerprint density at radius 2 is 2.06 bits per heavy atom. The van der Waals surface area contributed by atoms with Crippen LogP contribution in [0.1, 0.15) is 27.2 Å². The van der Waals surface area contributed by atoms with E-state index in [4.69, 9.17) is 0 Å². The molecule has 0 bridgehead atoms. The summed E-state index contributed by atoms with van der Waals surface area (Å²) in [4.78, 5) is 35.6. The van der Waals surface area contributed by atoms with Gasteiger partial charge in [0, 0.05) is 35.9 Å². The molecule has 0 saturated carbocycles. The van der Waals surface area contributed by atoms with E-state index in [2.05, 4.69) is 17.9 Å². The number of carbonyl (C=O) groups is 3. The van der Waals surface area contributed by atoms with Crippen LogP contribution in [0.15, 0.2) is 11.6 Å². The minimum Gasteiger partial charge on any atom is -0.355 e. The summed E-state index contributed by atoms with van der Waals surface area (Å²) in [7, 11) is 0. The summed E-state index contributed by atoms with van der Waals surface area (Å²) < 4.78 is -0.285. The number of hydrogen-bond acceptors (Lipinski definition) is 4. The number of nitrogens with one attached hydrogen (secondary N) is 1. The number of nitrogens with zero attached hydrogens (tertiary/aromatic N) is 1. The van der Waals surface area contributed by atoms with Gasteiger partial charge in [-0.2, -0.15) is 12.6 Å². The van der Waals surface area contributed by atoms with E-state index in [9.17, 15) is 14.4 Å². The van der Waals surface area contributed by atoms with Crippen LogP contribution in [0.3, 0.4) is 0 Å². The Bertz CT molecular complexity index is 410. The Morgan fingerprint density at radius 3 is 2.50 bits per heavy atom. The van der Waals surface area contributed by atoms with Gasteiger partial charge in [0.05, 0.1) is 0 Å². The molecule has 0 spiro atoms. The highest BCUT2D eigenvalue weighted by molar-refractivity contribution is 7.81. The molecule has 0 atom stereocenters. The van der Waals surface area contributed by atoms with E-state index >= 15 is 0 Å². The van der Waals surface area contributed by atoms with E-state index in [1.54, 1.807) is 6.92 Å². The molecule has 6 heteroatoms. The Labute approximate surface area is 112 Å². The molecule has 0 aromatic heterocycles. The van der Waals surface area contributed by atoms with Crippen molar-refractivity contribution in [2.75, 3.05) is 13.1 Å². The minimum absolute atomic E-state index is 0.114. The van der Waals surface area contributed by atoms with Crippen LogP contribution >= 0.6 is 12.6 Å². The molecule has 0 unspecified atom stereocenters. The predicted molar refractivity (Wildman–Crippen MR) is 71.2 cm³/mol. The molecule has 1 aliphatic heterocycles. The molecule has 1 heterocycles. The summed E-state index contributed by atoms with van der Waals surface area (Å²) in [5.74, 6) is -0.857. The Kier molecular flexibility index (Phi) is 4.56. The molecule has 0 aliphatic carbocycles. The Balaban J connectivity index is 2.36. The lowest BCUT2D eigenvalue weighted by molar-refractivity contribution is -0.137. The third-order valence-corrected chi connectivity index (χ3v) is 2.63. The number of rotatable bonds is 5. The van der Waals surface area contributed by atoms with E-state index in [0.29, 0.717) is 12.1 Å². The average molecular weight is 270 g/mol. The summed E-state index contributed by atoms with van der Waals surface area (Å²) in [5, 5.41) is 2.71. The molecule has 5 nitrogen and oxygen atoms in total. The van der Waals surface area contributed by atoms with E-state index in [1.807, 2.05) is 13.8 Å². The number of thiol groups is 1. The molecule has 3 amide bonds. The second-order valence-corrected chi connectivity index (χ2v) is 6.17. The lowest BCUT2D eigenvalue weighted by atomic mass is 10.2. The zero-order chi connectivity index (χ0) is 13.9. The fourth-order valence-electron chi connectivity index (χ4n) is 1.47. The third kappa shape index (κ3) is 4.18. The highest BCUT2D eigenvalue weighted by Gasteiger charge is 2.28. The maximum Gasteiger partial charge on any atom is 0.256 e. The molecule has 0 aromatic carbocycles. The molecule has 100 valence electrons. The van der Waals surface area contributed by atoms with Gasteiger partial charge < -0.3 is 5.32 Å². The van der Waals surface area contributed by atoms with Crippen molar-refractivity contribution in [3.63, 3.8) is 0 Å². The van der Waals surface area contributed by atoms with Crippen LogP contribution in [0.2, 0.25) is 0 Å². The molecule has 0 saturated heterocycles. The van der Waals surface area contributed by atoms with Crippen LogP contribution in [0.25, 0.3) is 0 Å². The number of hydrogen-bond donors (Lipinski definition) is 2. The smallest absolute Gasteiger partial charge is 0.256 e. The van der Waals surface area contributed by atoms with Gasteiger partial charge in [-0.15, -0.1) is 0 Å². The SMILES string of the molecule is CC1=CC(=O)N(CCC(=O)NCC(C)(C)S)C1=O. The zero-order valence-corrected chi connectivity index (χ0v) is 11.7. The van der Waals surface area contributed by atoms with Gasteiger partial charge in [-0.3, -0.25) is 19.3 Å². The highest BCUT2D eigenvalue weighted by Crippen LogP contribution is 2.12. The summed E-state index contributed by atoms with van der Waals surface area (Å²) >= 11 is 4.28. The standard InChI is InChI=1S/C12H18N2O3S/c1-8-6-10(16)14(11(8)17)5-4-9(15)13-7-12(2,3)18/h6,18H,4-5,7H2,1-3H3,(H,13,15). The Morgan fingerprint density at radius 1 is 1.44 bits per heavy atom. The second kappa shape index (κ2) is 5.56. The first-order valence-electron chi connectivity index (χ1n) is 5.74. The van der Waals surface area contributed by atoms with E-state index < -0.39 is 0 Å². The van der Waals surface area contributed by atoms with Gasteiger partial charge in [0.15, 0.2) is 0 Å². The predicted octanol–water partition coefficient (Wildman–Crippen LogP) is 0.516. The molecular formula is C12H18N2O3S. The first-order chi connectivity index (χ1) is 8.20. The van der Waals surface area contributed by atoms with Gasteiger partial charge in [-0.1, -0.05) is 0 Å². The molecule has 1 N–H and O–H groups in total. The maximum absolute atomic E-state index is 11.5. The highest BCUT2D eigenvalue weighted by atomic mass is 32.1. The monoisotopic (exact) mass is 270 g/mol. The normalized spacial score (nSPS) is 16.0. The summed E-state index contributed by atoms with van der Waals surface area (Å²) in [5.41, 5.74) is 0.414. The molecule has 1 aliphatic rings. The molecule has 1 rings (SSSR count). The Hall–Kier alpha value is -1.30. The summed E-state index contributed by atoms with van der Waals surface area (Å²) in [6.07, 6.45) is 1.40. The van der Waals surface area contributed by atoms with Crippen LogP contribution < -0.4 is 5.32 Å². The van der Waals surface area contributed by atoms with Crippen LogP contribution in [0.4, 0.5) is 0 Å². The number of carbonyl (C=O) groups excluding carboxylic acids is 3. The van der Waals surface area contributed by atoms with Crippen LogP contribution in [-0.2, 0) is 14.4 Å². The summed E-state index contributed by atoms with van der Waals surface area (Å²) in [6, 6.07) is 0.